The predicted octanol–water partition coefficient (Wildman–Crippen LogP) is 3.01. The van der Waals surface area contributed by atoms with Crippen LogP contribution in [0.1, 0.15) is 47.3 Å². The van der Waals surface area contributed by atoms with Crippen LogP contribution in [0.25, 0.3) is 11.1 Å². The zero-order valence-electron chi connectivity index (χ0n) is 15.1. The lowest BCUT2D eigenvalue weighted by Crippen LogP contribution is -2.36. The fourth-order valence-corrected chi connectivity index (χ4v) is 2.60. The first-order valence-corrected chi connectivity index (χ1v) is 8.27. The smallest absolute Gasteiger partial charge is 0.340 e. The van der Waals surface area contributed by atoms with Gasteiger partial charge in [-0.1, -0.05) is 12.1 Å². The predicted molar refractivity (Wildman–Crippen MR) is 94.5 cm³/mol. The normalized spacial score (nSPS) is 10.7. The summed E-state index contributed by atoms with van der Waals surface area (Å²) in [4.78, 5) is 40.0. The van der Waals surface area contributed by atoms with Gasteiger partial charge in [0.25, 0.3) is 11.7 Å². The first-order chi connectivity index (χ1) is 12.3. The molecule has 1 aromatic heterocycles. The Balaban J connectivity index is 2.63. The molecule has 2 N–H and O–H groups in total. The first-order valence-electron chi connectivity index (χ1n) is 8.27. The van der Waals surface area contributed by atoms with E-state index in [1.807, 2.05) is 0 Å². The van der Waals surface area contributed by atoms with E-state index in [4.69, 9.17) is 4.74 Å². The molecule has 0 aliphatic heterocycles. The number of hydrogen-bond acceptors (Lipinski definition) is 4. The Morgan fingerprint density at radius 1 is 1.19 bits per heavy atom. The molecule has 26 heavy (non-hydrogen) atoms. The lowest BCUT2D eigenvalue weighted by molar-refractivity contribution is -0.117. The molecule has 0 atom stereocenters. The number of esters is 1. The Morgan fingerprint density at radius 2 is 1.81 bits per heavy atom. The van der Waals surface area contributed by atoms with E-state index < -0.39 is 23.5 Å². The lowest BCUT2D eigenvalue weighted by Gasteiger charge is -2.09. The number of amides is 1. The molecule has 6 nitrogen and oxygen atoms in total. The maximum Gasteiger partial charge on any atom is 0.340 e. The van der Waals surface area contributed by atoms with E-state index in [0.717, 1.165) is 0 Å². The molecule has 0 radical (unpaired) electrons. The van der Waals surface area contributed by atoms with Crippen LogP contribution in [0.4, 0.5) is 4.39 Å². The molecule has 1 amide bonds. The van der Waals surface area contributed by atoms with Gasteiger partial charge in [0.2, 0.25) is 0 Å². The number of halogens is 1. The third-order valence-electron chi connectivity index (χ3n) is 3.65. The Labute approximate surface area is 150 Å². The van der Waals surface area contributed by atoms with Crippen molar-refractivity contribution in [1.82, 2.24) is 10.3 Å². The van der Waals surface area contributed by atoms with Crippen LogP contribution in [0.3, 0.4) is 0 Å². The average Bonchev–Trinajstić information content (AvgIpc) is 2.91. The maximum atomic E-state index is 13.3. The van der Waals surface area contributed by atoms with Crippen LogP contribution >= 0.6 is 0 Å². The summed E-state index contributed by atoms with van der Waals surface area (Å²) in [6, 6.07) is 5.10. The molecule has 0 aliphatic carbocycles. The molecule has 0 unspecified atom stereocenters. The van der Waals surface area contributed by atoms with Gasteiger partial charge in [0.05, 0.1) is 12.2 Å². The van der Waals surface area contributed by atoms with Crippen LogP contribution in [0.15, 0.2) is 24.3 Å². The van der Waals surface area contributed by atoms with Crippen molar-refractivity contribution < 1.29 is 23.5 Å². The van der Waals surface area contributed by atoms with Gasteiger partial charge < -0.3 is 15.0 Å². The van der Waals surface area contributed by atoms with Crippen LogP contribution in [-0.4, -0.2) is 35.3 Å². The molecular formula is C19H21FN2O4. The molecule has 0 spiro atoms. The number of aromatic nitrogens is 1. The van der Waals surface area contributed by atoms with Crippen molar-refractivity contribution in [3.8, 4) is 11.1 Å². The van der Waals surface area contributed by atoms with Crippen molar-refractivity contribution in [2.24, 2.45) is 0 Å². The Kier molecular flexibility index (Phi) is 5.92. The number of carbonyl (C=O) groups is 3. The van der Waals surface area contributed by atoms with Gasteiger partial charge in [0, 0.05) is 17.3 Å². The zero-order valence-corrected chi connectivity index (χ0v) is 15.1. The molecule has 0 saturated carbocycles. The SMILES string of the molecule is CCOC(=O)c1c(C)[nH]c(C(=O)C(=O)NC(C)C)c1-c1ccc(F)cc1. The molecule has 1 heterocycles. The van der Waals surface area contributed by atoms with Crippen LogP contribution in [0.5, 0.6) is 0 Å². The summed E-state index contributed by atoms with van der Waals surface area (Å²) < 4.78 is 18.4. The summed E-state index contributed by atoms with van der Waals surface area (Å²) in [5, 5.41) is 2.53. The number of ether oxygens (including phenoxy) is 1. The van der Waals surface area contributed by atoms with Gasteiger partial charge in [0.1, 0.15) is 11.5 Å². The number of H-pyrrole nitrogens is 1. The highest BCUT2D eigenvalue weighted by Gasteiger charge is 2.29. The Morgan fingerprint density at radius 3 is 2.35 bits per heavy atom. The minimum atomic E-state index is -0.809. The van der Waals surface area contributed by atoms with E-state index in [1.165, 1.54) is 24.3 Å². The maximum absolute atomic E-state index is 13.3. The van der Waals surface area contributed by atoms with E-state index in [9.17, 15) is 18.8 Å². The van der Waals surface area contributed by atoms with Crippen LogP contribution in [-0.2, 0) is 9.53 Å². The highest BCUT2D eigenvalue weighted by molar-refractivity contribution is 6.44. The topological polar surface area (TPSA) is 88.3 Å². The van der Waals surface area contributed by atoms with Crippen molar-refractivity contribution in [3.63, 3.8) is 0 Å². The summed E-state index contributed by atoms with van der Waals surface area (Å²) in [6.07, 6.45) is 0. The standard InChI is InChI=1S/C19H21FN2O4/c1-5-26-19(25)14-11(4)22-16(17(23)18(24)21-10(2)3)15(14)12-6-8-13(20)9-7-12/h6-10,22H,5H2,1-4H3,(H,21,24). The second-order valence-electron chi connectivity index (χ2n) is 6.06. The van der Waals surface area contributed by atoms with Crippen molar-refractivity contribution in [2.45, 2.75) is 33.7 Å². The summed E-state index contributed by atoms with van der Waals surface area (Å²) in [6.45, 7) is 6.89. The van der Waals surface area contributed by atoms with E-state index in [-0.39, 0.29) is 29.5 Å². The van der Waals surface area contributed by atoms with Crippen molar-refractivity contribution in [2.75, 3.05) is 6.61 Å². The highest BCUT2D eigenvalue weighted by atomic mass is 19.1. The number of hydrogen-bond donors (Lipinski definition) is 2. The van der Waals surface area contributed by atoms with Gasteiger partial charge in [-0.25, -0.2) is 9.18 Å². The second kappa shape index (κ2) is 7.95. The van der Waals surface area contributed by atoms with Crippen molar-refractivity contribution in [1.29, 1.82) is 0 Å². The molecule has 138 valence electrons. The zero-order chi connectivity index (χ0) is 19.4. The number of carbonyl (C=O) groups excluding carboxylic acids is 3. The average molecular weight is 360 g/mol. The molecule has 2 aromatic rings. The summed E-state index contributed by atoms with van der Waals surface area (Å²) in [5.74, 6) is -2.68. The monoisotopic (exact) mass is 360 g/mol. The van der Waals surface area contributed by atoms with Gasteiger partial charge in [-0.15, -0.1) is 0 Å². The van der Waals surface area contributed by atoms with Gasteiger partial charge in [-0.3, -0.25) is 9.59 Å². The quantitative estimate of drug-likeness (QED) is 0.471. The Hall–Kier alpha value is -2.96. The van der Waals surface area contributed by atoms with E-state index >= 15 is 0 Å². The van der Waals surface area contributed by atoms with Gasteiger partial charge in [-0.2, -0.15) is 0 Å². The van der Waals surface area contributed by atoms with E-state index in [1.54, 1.807) is 27.7 Å². The molecule has 2 rings (SSSR count). The number of rotatable bonds is 6. The molecule has 7 heteroatoms. The van der Waals surface area contributed by atoms with Crippen LogP contribution in [0, 0.1) is 12.7 Å². The first kappa shape index (κ1) is 19.4. The molecule has 0 saturated heterocycles. The number of aromatic amines is 1. The molecule has 0 aliphatic rings. The lowest BCUT2D eigenvalue weighted by atomic mass is 9.98. The Bertz CT molecular complexity index is 838. The molecule has 1 aromatic carbocycles. The third kappa shape index (κ3) is 3.99. The highest BCUT2D eigenvalue weighted by Crippen LogP contribution is 2.31. The van der Waals surface area contributed by atoms with Gasteiger partial charge in [0.15, 0.2) is 0 Å². The molecule has 0 fully saturated rings. The number of benzene rings is 1. The number of Topliss-reactive ketones (excluding diaryl/α,β-unsaturated/α-hetero) is 1. The molecular weight excluding hydrogens is 339 g/mol. The largest absolute Gasteiger partial charge is 0.462 e. The fraction of sp³-hybridized carbons (Fsp3) is 0.316. The summed E-state index contributed by atoms with van der Waals surface area (Å²) >= 11 is 0. The minimum absolute atomic E-state index is 0.0321. The van der Waals surface area contributed by atoms with Gasteiger partial charge in [-0.05, 0) is 45.4 Å². The fourth-order valence-electron chi connectivity index (χ4n) is 2.60. The number of ketones is 1. The van der Waals surface area contributed by atoms with Crippen LogP contribution in [0.2, 0.25) is 0 Å². The minimum Gasteiger partial charge on any atom is -0.462 e. The van der Waals surface area contributed by atoms with Crippen LogP contribution < -0.4 is 5.32 Å². The van der Waals surface area contributed by atoms with E-state index in [0.29, 0.717) is 11.3 Å². The van der Waals surface area contributed by atoms with Crippen molar-refractivity contribution >= 4 is 17.7 Å². The second-order valence-corrected chi connectivity index (χ2v) is 6.06. The number of aryl methyl sites for hydroxylation is 1. The summed E-state index contributed by atoms with van der Waals surface area (Å²) in [5.41, 5.74) is 1.17. The van der Waals surface area contributed by atoms with Crippen molar-refractivity contribution in [3.05, 3.63) is 47.0 Å². The summed E-state index contributed by atoms with van der Waals surface area (Å²) in [7, 11) is 0. The molecule has 0 bridgehead atoms. The van der Waals surface area contributed by atoms with Gasteiger partial charge >= 0.3 is 5.97 Å². The van der Waals surface area contributed by atoms with E-state index in [2.05, 4.69) is 10.3 Å². The third-order valence-corrected chi connectivity index (χ3v) is 3.65. The number of nitrogens with one attached hydrogen (secondary N) is 2.